The lowest BCUT2D eigenvalue weighted by Crippen LogP contribution is -2.00. The Morgan fingerprint density at radius 1 is 0.308 bits per heavy atom. The summed E-state index contributed by atoms with van der Waals surface area (Å²) in [4.78, 5) is 14.9. The van der Waals surface area contributed by atoms with Gasteiger partial charge in [-0.2, -0.15) is 0 Å². The summed E-state index contributed by atoms with van der Waals surface area (Å²) in [6.45, 7) is 0. The maximum atomic E-state index is 9.23. The van der Waals surface area contributed by atoms with Crippen molar-refractivity contribution in [2.75, 3.05) is 0 Å². The largest absolute Gasteiger partial charge is 0.208 e. The van der Waals surface area contributed by atoms with Crippen LogP contribution in [0.15, 0.2) is 188 Å². The monoisotopic (exact) mass is 672 g/mol. The molecule has 3 nitrogen and oxygen atoms in total. The fourth-order valence-corrected chi connectivity index (χ4v) is 6.64. The molecule has 10 rings (SSSR count). The second kappa shape index (κ2) is 12.4. The molecule has 0 atom stereocenters. The van der Waals surface area contributed by atoms with Crippen LogP contribution >= 0.6 is 0 Å². The van der Waals surface area contributed by atoms with Gasteiger partial charge in [-0.1, -0.05) is 170 Å². The fraction of sp³-hybridized carbons (Fsp3) is 0. The van der Waals surface area contributed by atoms with Crippen molar-refractivity contribution in [3.8, 4) is 56.4 Å². The molecule has 1 aromatic heterocycles. The van der Waals surface area contributed by atoms with Crippen LogP contribution in [0.4, 0.5) is 0 Å². The second-order valence-corrected chi connectivity index (χ2v) is 12.4. The van der Waals surface area contributed by atoms with Crippen LogP contribution in [-0.4, -0.2) is 15.0 Å². The highest BCUT2D eigenvalue weighted by Crippen LogP contribution is 2.34. The molecule has 0 N–H and O–H groups in total. The smallest absolute Gasteiger partial charge is 0.164 e. The van der Waals surface area contributed by atoms with Crippen LogP contribution < -0.4 is 0 Å². The number of rotatable bonds is 5. The van der Waals surface area contributed by atoms with E-state index < -0.39 is 72.0 Å². The van der Waals surface area contributed by atoms with Crippen molar-refractivity contribution in [1.82, 2.24) is 15.0 Å². The minimum absolute atomic E-state index is 0.0673. The van der Waals surface area contributed by atoms with Crippen LogP contribution in [0, 0.1) is 0 Å². The van der Waals surface area contributed by atoms with E-state index >= 15 is 0 Å². The predicted octanol–water partition coefficient (Wildman–Crippen LogP) is 12.8. The van der Waals surface area contributed by atoms with Gasteiger partial charge in [0.05, 0.1) is 15.1 Å². The van der Waals surface area contributed by atoms with Crippen LogP contribution in [-0.2, 0) is 0 Å². The first-order valence-electron chi connectivity index (χ1n) is 22.2. The zero-order chi connectivity index (χ0) is 44.0. The zero-order valence-corrected chi connectivity index (χ0v) is 27.4. The summed E-state index contributed by atoms with van der Waals surface area (Å²) < 4.78 is 96.4. The standard InChI is InChI=1S/C49H31N3/c1-2-12-37-30-41(26-21-32(37)9-1)48-50-47(51-49(52-48)42-27-28-46-39(31-42)25-24-35-11-4-6-17-44(35)46)40-15-7-14-38(29-40)33-19-22-36(23-20-33)45-18-8-13-34-10-3-5-16-43(34)45/h1-31H/i3D,5D,8D,10D,13D,16D,18D,19D,20D,22D,23D. The molecule has 0 bridgehead atoms. The van der Waals surface area contributed by atoms with Gasteiger partial charge in [0.2, 0.25) is 0 Å². The maximum absolute atomic E-state index is 9.23. The quantitative estimate of drug-likeness (QED) is 0.171. The molecule has 242 valence electrons. The van der Waals surface area contributed by atoms with Crippen molar-refractivity contribution in [3.63, 3.8) is 0 Å². The summed E-state index contributed by atoms with van der Waals surface area (Å²) in [5.74, 6) is 1.14. The molecule has 9 aromatic carbocycles. The Kier molecular flexibility index (Phi) is 4.93. The van der Waals surface area contributed by atoms with E-state index in [2.05, 4.69) is 30.3 Å². The fourth-order valence-electron chi connectivity index (χ4n) is 6.64. The Morgan fingerprint density at radius 3 is 1.71 bits per heavy atom. The average Bonchev–Trinajstić information content (AvgIpc) is 3.31. The summed E-state index contributed by atoms with van der Waals surface area (Å²) in [5.41, 5.74) is 1.48. The van der Waals surface area contributed by atoms with Gasteiger partial charge >= 0.3 is 0 Å². The van der Waals surface area contributed by atoms with Gasteiger partial charge in [-0.05, 0) is 83.5 Å². The summed E-state index contributed by atoms with van der Waals surface area (Å²) in [7, 11) is 0. The summed E-state index contributed by atoms with van der Waals surface area (Å²) in [6, 6.07) is 32.7. The van der Waals surface area contributed by atoms with E-state index in [-0.39, 0.29) is 21.9 Å². The lowest BCUT2D eigenvalue weighted by atomic mass is 9.96. The van der Waals surface area contributed by atoms with Crippen molar-refractivity contribution < 1.29 is 15.1 Å². The topological polar surface area (TPSA) is 38.7 Å². The van der Waals surface area contributed by atoms with E-state index in [1.54, 1.807) is 24.3 Å². The molecule has 3 heteroatoms. The van der Waals surface area contributed by atoms with E-state index in [0.717, 1.165) is 43.4 Å². The number of fused-ring (bicyclic) bond motifs is 5. The lowest BCUT2D eigenvalue weighted by Gasteiger charge is -2.12. The zero-order valence-electron chi connectivity index (χ0n) is 38.4. The normalized spacial score (nSPS) is 14.4. The number of hydrogen-bond donors (Lipinski definition) is 0. The van der Waals surface area contributed by atoms with Gasteiger partial charge < -0.3 is 0 Å². The van der Waals surface area contributed by atoms with Crippen LogP contribution in [0.3, 0.4) is 0 Å². The Bertz CT molecular complexity index is 3570. The highest BCUT2D eigenvalue weighted by atomic mass is 15.0. The third kappa shape index (κ3) is 5.37. The molecular formula is C49H31N3. The predicted molar refractivity (Wildman–Crippen MR) is 217 cm³/mol. The van der Waals surface area contributed by atoms with Crippen molar-refractivity contribution >= 4 is 43.1 Å². The Hall–Kier alpha value is -6.97. The summed E-state index contributed by atoms with van der Waals surface area (Å²) in [5, 5.41) is 5.75. The average molecular weight is 673 g/mol. The Morgan fingerprint density at radius 2 is 0.885 bits per heavy atom. The SMILES string of the molecule is [2H]c1c([2H])c(-c2c([2H])c([2H])c([2H])c3c([2H])c([2H])c([2H])c([2H])c23)c([2H])c([2H])c1-c1cccc(-c2nc(-c3ccc4ccccc4c3)nc(-c3ccc4c(ccc5ccccc54)c3)n2)c1. The minimum Gasteiger partial charge on any atom is -0.208 e. The van der Waals surface area contributed by atoms with Crippen LogP contribution in [0.1, 0.15) is 15.1 Å². The Labute approximate surface area is 317 Å². The molecule has 0 saturated carbocycles. The first-order valence-corrected chi connectivity index (χ1v) is 16.7. The molecule has 0 radical (unpaired) electrons. The molecular weight excluding hydrogens is 631 g/mol. The van der Waals surface area contributed by atoms with Crippen LogP contribution in [0.5, 0.6) is 0 Å². The molecule has 1 heterocycles. The molecule has 0 unspecified atom stereocenters. The third-order valence-corrected chi connectivity index (χ3v) is 9.24. The number of aromatic nitrogens is 3. The number of benzene rings is 9. The van der Waals surface area contributed by atoms with Crippen molar-refractivity contribution in [2.45, 2.75) is 0 Å². The van der Waals surface area contributed by atoms with Crippen LogP contribution in [0.2, 0.25) is 0 Å². The molecule has 0 aliphatic heterocycles. The van der Waals surface area contributed by atoms with E-state index in [4.69, 9.17) is 24.5 Å². The Balaban J connectivity index is 1.15. The molecule has 0 aliphatic rings. The summed E-state index contributed by atoms with van der Waals surface area (Å²) in [6.07, 6.45) is 0. The van der Waals surface area contributed by atoms with E-state index in [9.17, 15) is 5.48 Å². The third-order valence-electron chi connectivity index (χ3n) is 9.24. The highest BCUT2D eigenvalue weighted by molar-refractivity contribution is 6.08. The summed E-state index contributed by atoms with van der Waals surface area (Å²) >= 11 is 0. The van der Waals surface area contributed by atoms with Crippen molar-refractivity contribution in [3.05, 3.63) is 188 Å². The van der Waals surface area contributed by atoms with E-state index in [1.165, 1.54) is 0 Å². The van der Waals surface area contributed by atoms with Crippen molar-refractivity contribution in [2.24, 2.45) is 0 Å². The van der Waals surface area contributed by atoms with Gasteiger partial charge in [-0.25, -0.2) is 15.0 Å². The van der Waals surface area contributed by atoms with Gasteiger partial charge in [-0.15, -0.1) is 0 Å². The van der Waals surface area contributed by atoms with Crippen LogP contribution in [0.25, 0.3) is 99.5 Å². The van der Waals surface area contributed by atoms with Gasteiger partial charge in [0.25, 0.3) is 0 Å². The van der Waals surface area contributed by atoms with Crippen molar-refractivity contribution in [1.29, 1.82) is 0 Å². The van der Waals surface area contributed by atoms with E-state index in [0.29, 0.717) is 28.6 Å². The lowest BCUT2D eigenvalue weighted by molar-refractivity contribution is 1.08. The minimum atomic E-state index is -0.673. The number of hydrogen-bond acceptors (Lipinski definition) is 3. The molecule has 0 spiro atoms. The van der Waals surface area contributed by atoms with Gasteiger partial charge in [0.15, 0.2) is 17.5 Å². The first kappa shape index (κ1) is 20.6. The maximum Gasteiger partial charge on any atom is 0.164 e. The van der Waals surface area contributed by atoms with Gasteiger partial charge in [0, 0.05) is 16.7 Å². The molecule has 0 fully saturated rings. The van der Waals surface area contributed by atoms with Gasteiger partial charge in [-0.3, -0.25) is 0 Å². The number of nitrogens with zero attached hydrogens (tertiary/aromatic N) is 3. The first-order chi connectivity index (χ1) is 30.3. The molecule has 0 aliphatic carbocycles. The van der Waals surface area contributed by atoms with Gasteiger partial charge in [0.1, 0.15) is 0 Å². The molecule has 52 heavy (non-hydrogen) atoms. The molecule has 0 amide bonds. The second-order valence-electron chi connectivity index (χ2n) is 12.4. The molecule has 0 saturated heterocycles. The molecule has 10 aromatic rings. The highest BCUT2D eigenvalue weighted by Gasteiger charge is 2.15. The van der Waals surface area contributed by atoms with E-state index in [1.807, 2.05) is 66.7 Å².